The lowest BCUT2D eigenvalue weighted by Crippen LogP contribution is -2.58. The van der Waals surface area contributed by atoms with E-state index >= 15 is 0 Å². The largest absolute Gasteiger partial charge is 0.480 e. The molecule has 6 heteroatoms. The quantitative estimate of drug-likeness (QED) is 0.842. The predicted molar refractivity (Wildman–Crippen MR) is 97.7 cm³/mol. The molecule has 6 nitrogen and oxygen atoms in total. The molecule has 2 fully saturated rings. The number of ether oxygens (including phenoxy) is 1. The molecule has 2 aliphatic heterocycles. The molecule has 26 heavy (non-hydrogen) atoms. The smallest absolute Gasteiger partial charge is 0.328 e. The number of carboxylic acid groups (broad SMARTS) is 1. The fraction of sp³-hybridized carbons (Fsp3) is 0.600. The van der Waals surface area contributed by atoms with Crippen molar-refractivity contribution in [2.45, 2.75) is 50.8 Å². The fourth-order valence-corrected chi connectivity index (χ4v) is 4.09. The summed E-state index contributed by atoms with van der Waals surface area (Å²) in [6, 6.07) is 8.94. The van der Waals surface area contributed by atoms with Gasteiger partial charge >= 0.3 is 5.97 Å². The molecule has 1 unspecified atom stereocenters. The highest BCUT2D eigenvalue weighted by molar-refractivity contribution is 5.85. The van der Waals surface area contributed by atoms with Crippen molar-refractivity contribution in [3.8, 4) is 0 Å². The molecule has 1 N–H and O–H groups in total. The molecule has 142 valence electrons. The van der Waals surface area contributed by atoms with Gasteiger partial charge in [-0.15, -0.1) is 0 Å². The average molecular weight is 360 g/mol. The molecule has 0 bridgehead atoms. The molecule has 0 saturated carbocycles. The second-order valence-electron chi connectivity index (χ2n) is 7.20. The number of carbonyl (C=O) groups is 2. The molecule has 1 aromatic carbocycles. The molecule has 2 saturated heterocycles. The summed E-state index contributed by atoms with van der Waals surface area (Å²) in [6.45, 7) is 4.93. The summed E-state index contributed by atoms with van der Waals surface area (Å²) in [4.78, 5) is 28.6. The van der Waals surface area contributed by atoms with Gasteiger partial charge in [0.05, 0.1) is 6.61 Å². The van der Waals surface area contributed by atoms with Crippen molar-refractivity contribution in [1.29, 1.82) is 0 Å². The molecule has 1 aromatic rings. The molecule has 0 radical (unpaired) electrons. The van der Waals surface area contributed by atoms with Crippen LogP contribution in [-0.4, -0.2) is 64.8 Å². The number of nitrogens with zero attached hydrogens (tertiary/aromatic N) is 2. The van der Waals surface area contributed by atoms with Crippen LogP contribution in [0.1, 0.15) is 38.2 Å². The monoisotopic (exact) mass is 360 g/mol. The summed E-state index contributed by atoms with van der Waals surface area (Å²) in [7, 11) is 0. The zero-order valence-electron chi connectivity index (χ0n) is 15.4. The van der Waals surface area contributed by atoms with Crippen LogP contribution in [0.2, 0.25) is 0 Å². The van der Waals surface area contributed by atoms with Crippen molar-refractivity contribution in [2.75, 3.05) is 26.2 Å². The van der Waals surface area contributed by atoms with Crippen molar-refractivity contribution in [2.24, 2.45) is 0 Å². The van der Waals surface area contributed by atoms with Crippen LogP contribution in [0.25, 0.3) is 0 Å². The Bertz CT molecular complexity index is 626. The minimum absolute atomic E-state index is 0.0835. The van der Waals surface area contributed by atoms with Gasteiger partial charge in [0.15, 0.2) is 6.04 Å². The molecule has 1 atom stereocenters. The molecule has 1 amide bonds. The number of likely N-dealkylation sites (tertiary alicyclic amines) is 1. The van der Waals surface area contributed by atoms with Crippen LogP contribution in [0.5, 0.6) is 0 Å². The molecular formula is C20H28N2O4. The number of rotatable bonds is 6. The first-order valence-electron chi connectivity index (χ1n) is 9.51. The van der Waals surface area contributed by atoms with Gasteiger partial charge in [0.2, 0.25) is 5.91 Å². The Hall–Kier alpha value is -1.92. The maximum absolute atomic E-state index is 13.0. The first kappa shape index (κ1) is 18.9. The van der Waals surface area contributed by atoms with Gasteiger partial charge in [-0.25, -0.2) is 4.79 Å². The maximum Gasteiger partial charge on any atom is 0.328 e. The zero-order chi connectivity index (χ0) is 18.6. The summed E-state index contributed by atoms with van der Waals surface area (Å²) in [5.41, 5.74) is 0.334. The summed E-state index contributed by atoms with van der Waals surface area (Å²) in [5.74, 6) is -1.10. The zero-order valence-corrected chi connectivity index (χ0v) is 15.4. The molecule has 1 spiro atoms. The van der Waals surface area contributed by atoms with Crippen LogP contribution in [0.3, 0.4) is 0 Å². The molecule has 0 aliphatic carbocycles. The molecule has 2 heterocycles. The highest BCUT2D eigenvalue weighted by Gasteiger charge is 2.53. The van der Waals surface area contributed by atoms with Gasteiger partial charge in [-0.2, -0.15) is 0 Å². The second kappa shape index (κ2) is 8.18. The average Bonchev–Trinajstić information content (AvgIpc) is 3.02. The van der Waals surface area contributed by atoms with Crippen LogP contribution in [0.15, 0.2) is 30.3 Å². The van der Waals surface area contributed by atoms with Crippen LogP contribution in [-0.2, 0) is 20.7 Å². The number of piperidine rings is 1. The van der Waals surface area contributed by atoms with Crippen molar-refractivity contribution < 1.29 is 19.4 Å². The standard InChI is InChI=1S/C20H28N2O4/c1-2-12-21-13-10-20(11-14-21)22(17(15-26-20)19(24)25)18(23)9-8-16-6-4-3-5-7-16/h3-7,17H,2,8-15H2,1H3,(H,24,25). The van der Waals surface area contributed by atoms with E-state index in [0.717, 1.165) is 31.6 Å². The van der Waals surface area contributed by atoms with Gasteiger partial charge < -0.3 is 14.7 Å². The minimum atomic E-state index is -0.981. The molecule has 0 aromatic heterocycles. The van der Waals surface area contributed by atoms with Crippen molar-refractivity contribution in [1.82, 2.24) is 9.80 Å². The van der Waals surface area contributed by atoms with Crippen LogP contribution >= 0.6 is 0 Å². The van der Waals surface area contributed by atoms with E-state index in [9.17, 15) is 14.7 Å². The second-order valence-corrected chi connectivity index (χ2v) is 7.20. The van der Waals surface area contributed by atoms with Gasteiger partial charge in [0, 0.05) is 32.4 Å². The Morgan fingerprint density at radius 1 is 1.23 bits per heavy atom. The number of hydrogen-bond donors (Lipinski definition) is 1. The normalized spacial score (nSPS) is 22.7. The Kier molecular flexibility index (Phi) is 5.94. The SMILES string of the molecule is CCCN1CCC2(CC1)OCC(C(=O)O)N2C(=O)CCc1ccccc1. The lowest BCUT2D eigenvalue weighted by molar-refractivity contribution is -0.166. The van der Waals surface area contributed by atoms with E-state index in [0.29, 0.717) is 25.7 Å². The number of carboxylic acids is 1. The maximum atomic E-state index is 13.0. The summed E-state index contributed by atoms with van der Waals surface area (Å²) in [5, 5.41) is 9.58. The Morgan fingerprint density at radius 3 is 2.54 bits per heavy atom. The van der Waals surface area contributed by atoms with Crippen molar-refractivity contribution in [3.05, 3.63) is 35.9 Å². The van der Waals surface area contributed by atoms with E-state index in [1.807, 2.05) is 30.3 Å². The Morgan fingerprint density at radius 2 is 1.92 bits per heavy atom. The Balaban J connectivity index is 1.71. The summed E-state index contributed by atoms with van der Waals surface area (Å²) in [6.07, 6.45) is 3.35. The van der Waals surface area contributed by atoms with Gasteiger partial charge in [0.1, 0.15) is 5.72 Å². The number of aryl methyl sites for hydroxylation is 1. The van der Waals surface area contributed by atoms with E-state index in [1.54, 1.807) is 4.90 Å². The van der Waals surface area contributed by atoms with E-state index in [4.69, 9.17) is 4.74 Å². The van der Waals surface area contributed by atoms with Gasteiger partial charge in [-0.3, -0.25) is 9.69 Å². The third-order valence-electron chi connectivity index (χ3n) is 5.46. The van der Waals surface area contributed by atoms with Crippen LogP contribution in [0, 0.1) is 0 Å². The first-order valence-corrected chi connectivity index (χ1v) is 9.51. The first-order chi connectivity index (χ1) is 12.6. The number of amides is 1. The summed E-state index contributed by atoms with van der Waals surface area (Å²) < 4.78 is 5.97. The van der Waals surface area contributed by atoms with E-state index in [1.165, 1.54) is 0 Å². The molecule has 3 rings (SSSR count). The van der Waals surface area contributed by atoms with Crippen molar-refractivity contribution >= 4 is 11.9 Å². The molecular weight excluding hydrogens is 332 g/mol. The van der Waals surface area contributed by atoms with E-state index in [2.05, 4.69) is 11.8 Å². The highest BCUT2D eigenvalue weighted by atomic mass is 16.5. The molecule has 2 aliphatic rings. The summed E-state index contributed by atoms with van der Waals surface area (Å²) >= 11 is 0. The van der Waals surface area contributed by atoms with Crippen molar-refractivity contribution in [3.63, 3.8) is 0 Å². The number of hydrogen-bond acceptors (Lipinski definition) is 4. The van der Waals surface area contributed by atoms with Gasteiger partial charge in [-0.1, -0.05) is 37.3 Å². The lowest BCUT2D eigenvalue weighted by atomic mass is 9.96. The third-order valence-corrected chi connectivity index (χ3v) is 5.46. The highest BCUT2D eigenvalue weighted by Crippen LogP contribution is 2.38. The lowest BCUT2D eigenvalue weighted by Gasteiger charge is -2.44. The number of benzene rings is 1. The number of carbonyl (C=O) groups excluding carboxylic acids is 1. The topological polar surface area (TPSA) is 70.1 Å². The fourth-order valence-electron chi connectivity index (χ4n) is 4.09. The number of aliphatic carboxylic acids is 1. The van der Waals surface area contributed by atoms with Gasteiger partial charge in [-0.05, 0) is 24.9 Å². The van der Waals surface area contributed by atoms with Gasteiger partial charge in [0.25, 0.3) is 0 Å². The van der Waals surface area contributed by atoms with Crippen LogP contribution in [0.4, 0.5) is 0 Å². The predicted octanol–water partition coefficient (Wildman–Crippen LogP) is 2.13. The van der Waals surface area contributed by atoms with Crippen LogP contribution < -0.4 is 0 Å². The van der Waals surface area contributed by atoms with E-state index in [-0.39, 0.29) is 12.5 Å². The third kappa shape index (κ3) is 3.91. The Labute approximate surface area is 154 Å². The van der Waals surface area contributed by atoms with E-state index < -0.39 is 17.7 Å². The minimum Gasteiger partial charge on any atom is -0.480 e.